The fourth-order valence-corrected chi connectivity index (χ4v) is 5.81. The Morgan fingerprint density at radius 2 is 1.83 bits per heavy atom. The first-order chi connectivity index (χ1) is 17.3. The highest BCUT2D eigenvalue weighted by molar-refractivity contribution is 6.31. The molecule has 36 heavy (non-hydrogen) atoms. The minimum atomic E-state index is -0.415. The maximum atomic E-state index is 14.6. The molecule has 2 fully saturated rings. The fraction of sp³-hybridized carbons (Fsp3) is 0.500. The van der Waals surface area contributed by atoms with Crippen molar-refractivity contribution in [2.75, 3.05) is 13.1 Å². The van der Waals surface area contributed by atoms with Gasteiger partial charge in [0.05, 0.1) is 12.1 Å². The third kappa shape index (κ3) is 5.03. The van der Waals surface area contributed by atoms with Crippen molar-refractivity contribution >= 4 is 34.5 Å². The number of amides is 2. The summed E-state index contributed by atoms with van der Waals surface area (Å²) in [6.07, 6.45) is 5.70. The zero-order chi connectivity index (χ0) is 25.4. The van der Waals surface area contributed by atoms with Crippen molar-refractivity contribution in [1.29, 1.82) is 0 Å². The maximum absolute atomic E-state index is 14.6. The molecule has 0 atom stereocenters. The van der Waals surface area contributed by atoms with Crippen molar-refractivity contribution in [3.05, 3.63) is 58.2 Å². The van der Waals surface area contributed by atoms with Crippen LogP contribution < -0.4 is 5.32 Å². The molecule has 0 unspecified atom stereocenters. The van der Waals surface area contributed by atoms with Gasteiger partial charge in [-0.2, -0.15) is 0 Å². The van der Waals surface area contributed by atoms with Crippen LogP contribution in [0.3, 0.4) is 0 Å². The van der Waals surface area contributed by atoms with Crippen LogP contribution in [-0.2, 0) is 11.3 Å². The number of nitrogens with zero attached hydrogens (tertiary/aromatic N) is 2. The van der Waals surface area contributed by atoms with Gasteiger partial charge in [0, 0.05) is 47.8 Å². The Labute approximate surface area is 215 Å². The van der Waals surface area contributed by atoms with E-state index in [1.165, 1.54) is 6.07 Å². The first-order valence-corrected chi connectivity index (χ1v) is 13.3. The highest BCUT2D eigenvalue weighted by Crippen LogP contribution is 2.30. The molecule has 1 saturated heterocycles. The standard InChI is InChI=1S/C28H33ClFN3O3/c1-17-6-8-20(9-7-17)31-27(34)19-10-12-32(13-11-19)28(35)25-15-26-24(14-18(2)36-26)33(25)16-21-22(29)4-3-5-23(21)30/h3-5,14-15,17,19-20H,6-13,16H2,1-2H3,(H,31,34). The number of hydrogen-bond donors (Lipinski definition) is 1. The van der Waals surface area contributed by atoms with Crippen molar-refractivity contribution in [3.63, 3.8) is 0 Å². The number of furan rings is 1. The van der Waals surface area contributed by atoms with E-state index in [1.807, 2.05) is 13.0 Å². The Morgan fingerprint density at radius 1 is 1.11 bits per heavy atom. The number of likely N-dealkylation sites (tertiary alicyclic amines) is 1. The predicted octanol–water partition coefficient (Wildman–Crippen LogP) is 5.93. The fourth-order valence-electron chi connectivity index (χ4n) is 5.58. The summed E-state index contributed by atoms with van der Waals surface area (Å²) < 4.78 is 22.1. The minimum Gasteiger partial charge on any atom is -0.460 e. The van der Waals surface area contributed by atoms with Crippen LogP contribution in [0.1, 0.15) is 67.3 Å². The van der Waals surface area contributed by atoms with Crippen LogP contribution in [-0.4, -0.2) is 40.4 Å². The molecule has 0 spiro atoms. The van der Waals surface area contributed by atoms with Gasteiger partial charge >= 0.3 is 0 Å². The van der Waals surface area contributed by atoms with Gasteiger partial charge in [0.25, 0.3) is 5.91 Å². The molecule has 5 rings (SSSR count). The number of benzene rings is 1. The van der Waals surface area contributed by atoms with Crippen LogP contribution in [0, 0.1) is 24.6 Å². The second-order valence-corrected chi connectivity index (χ2v) is 10.9. The van der Waals surface area contributed by atoms with Crippen molar-refractivity contribution in [2.45, 2.75) is 65.0 Å². The number of aromatic nitrogens is 1. The Hall–Kier alpha value is -2.80. The summed E-state index contributed by atoms with van der Waals surface area (Å²) in [5.41, 5.74) is 2.07. The van der Waals surface area contributed by atoms with Gasteiger partial charge in [-0.05, 0) is 63.5 Å². The molecule has 1 saturated carbocycles. The van der Waals surface area contributed by atoms with Gasteiger partial charge in [-0.3, -0.25) is 9.59 Å². The minimum absolute atomic E-state index is 0.0728. The molecule has 3 aromatic rings. The average molecular weight is 514 g/mol. The molecular weight excluding hydrogens is 481 g/mol. The van der Waals surface area contributed by atoms with E-state index in [0.717, 1.165) is 37.1 Å². The summed E-state index contributed by atoms with van der Waals surface area (Å²) in [6, 6.07) is 8.43. The first kappa shape index (κ1) is 24.9. The molecule has 1 aromatic carbocycles. The number of carbonyl (C=O) groups is 2. The van der Waals surface area contributed by atoms with Gasteiger partial charge in [-0.15, -0.1) is 0 Å². The monoisotopic (exact) mass is 513 g/mol. The lowest BCUT2D eigenvalue weighted by atomic mass is 9.86. The molecule has 2 aliphatic rings. The smallest absolute Gasteiger partial charge is 0.270 e. The molecule has 2 amide bonds. The predicted molar refractivity (Wildman–Crippen MR) is 138 cm³/mol. The number of hydrogen-bond acceptors (Lipinski definition) is 3. The first-order valence-electron chi connectivity index (χ1n) is 12.9. The van der Waals surface area contributed by atoms with E-state index in [9.17, 15) is 14.0 Å². The van der Waals surface area contributed by atoms with Crippen LogP contribution >= 0.6 is 11.6 Å². The number of piperidine rings is 1. The average Bonchev–Trinajstić information content (AvgIpc) is 3.38. The number of carbonyl (C=O) groups excluding carboxylic acids is 2. The summed E-state index contributed by atoms with van der Waals surface area (Å²) in [7, 11) is 0. The van der Waals surface area contributed by atoms with Gasteiger partial charge in [0.2, 0.25) is 5.91 Å². The molecule has 1 aliphatic carbocycles. The second-order valence-electron chi connectivity index (χ2n) is 10.5. The Balaban J connectivity index is 1.29. The molecule has 0 bridgehead atoms. The molecule has 2 aromatic heterocycles. The van der Waals surface area contributed by atoms with E-state index in [-0.39, 0.29) is 30.3 Å². The third-order valence-electron chi connectivity index (χ3n) is 7.83. The highest BCUT2D eigenvalue weighted by Gasteiger charge is 2.31. The van der Waals surface area contributed by atoms with Crippen molar-refractivity contribution in [2.24, 2.45) is 11.8 Å². The number of fused-ring (bicyclic) bond motifs is 1. The quantitative estimate of drug-likeness (QED) is 0.459. The molecule has 3 heterocycles. The van der Waals surface area contributed by atoms with E-state index >= 15 is 0 Å². The molecule has 1 N–H and O–H groups in total. The van der Waals surface area contributed by atoms with Crippen molar-refractivity contribution in [3.8, 4) is 0 Å². The van der Waals surface area contributed by atoms with E-state index in [4.69, 9.17) is 16.0 Å². The van der Waals surface area contributed by atoms with E-state index in [1.54, 1.807) is 27.7 Å². The Morgan fingerprint density at radius 3 is 2.53 bits per heavy atom. The van der Waals surface area contributed by atoms with Crippen LogP contribution in [0.5, 0.6) is 0 Å². The molecule has 6 nitrogen and oxygen atoms in total. The zero-order valence-electron chi connectivity index (χ0n) is 20.9. The van der Waals surface area contributed by atoms with Crippen LogP contribution in [0.2, 0.25) is 5.02 Å². The third-order valence-corrected chi connectivity index (χ3v) is 8.18. The number of halogens is 2. The van der Waals surface area contributed by atoms with Crippen molar-refractivity contribution in [1.82, 2.24) is 14.8 Å². The van der Waals surface area contributed by atoms with Crippen LogP contribution in [0.4, 0.5) is 4.39 Å². The summed E-state index contributed by atoms with van der Waals surface area (Å²) in [6.45, 7) is 5.24. The lowest BCUT2D eigenvalue weighted by molar-refractivity contribution is -0.127. The number of aryl methyl sites for hydroxylation is 1. The lowest BCUT2D eigenvalue weighted by Gasteiger charge is -2.33. The van der Waals surface area contributed by atoms with Gasteiger partial charge in [-0.25, -0.2) is 4.39 Å². The van der Waals surface area contributed by atoms with Crippen LogP contribution in [0.25, 0.3) is 11.1 Å². The lowest BCUT2D eigenvalue weighted by Crippen LogP contribution is -2.46. The largest absolute Gasteiger partial charge is 0.460 e. The van der Waals surface area contributed by atoms with Gasteiger partial charge in [0.1, 0.15) is 17.3 Å². The van der Waals surface area contributed by atoms with E-state index in [0.29, 0.717) is 53.6 Å². The van der Waals surface area contributed by atoms with Gasteiger partial charge in [0.15, 0.2) is 5.58 Å². The van der Waals surface area contributed by atoms with Crippen LogP contribution in [0.15, 0.2) is 34.7 Å². The summed E-state index contributed by atoms with van der Waals surface area (Å²) in [5, 5.41) is 3.56. The maximum Gasteiger partial charge on any atom is 0.270 e. The van der Waals surface area contributed by atoms with Gasteiger partial charge in [-0.1, -0.05) is 24.6 Å². The second kappa shape index (κ2) is 10.3. The van der Waals surface area contributed by atoms with E-state index < -0.39 is 5.82 Å². The number of nitrogens with one attached hydrogen (secondary N) is 1. The summed E-state index contributed by atoms with van der Waals surface area (Å²) >= 11 is 6.30. The molecule has 8 heteroatoms. The van der Waals surface area contributed by atoms with E-state index in [2.05, 4.69) is 12.2 Å². The van der Waals surface area contributed by atoms with Crippen molar-refractivity contribution < 1.29 is 18.4 Å². The molecule has 192 valence electrons. The number of rotatable bonds is 5. The Bertz CT molecular complexity index is 1250. The summed E-state index contributed by atoms with van der Waals surface area (Å²) in [5.74, 6) is 0.941. The zero-order valence-corrected chi connectivity index (χ0v) is 21.6. The SMILES string of the molecule is Cc1cc2c(cc(C(=O)N3CCC(C(=O)NC4CCC(C)CC4)CC3)n2Cc2c(F)cccc2Cl)o1. The molecule has 0 radical (unpaired) electrons. The highest BCUT2D eigenvalue weighted by atomic mass is 35.5. The topological polar surface area (TPSA) is 67.5 Å². The summed E-state index contributed by atoms with van der Waals surface area (Å²) in [4.78, 5) is 28.2. The Kier molecular flexibility index (Phi) is 7.11. The normalized spacial score (nSPS) is 21.2. The molecule has 1 aliphatic heterocycles. The van der Waals surface area contributed by atoms with Gasteiger partial charge < -0.3 is 19.2 Å². The molecular formula is C28H33ClFN3O3.